The molecule has 0 heterocycles. The zero-order valence-electron chi connectivity index (χ0n) is 7.28. The van der Waals surface area contributed by atoms with Gasteiger partial charge in [-0.3, -0.25) is 0 Å². The van der Waals surface area contributed by atoms with Crippen molar-refractivity contribution < 1.29 is 35.1 Å². The first-order chi connectivity index (χ1) is 7.32. The highest BCUT2D eigenvalue weighted by Crippen LogP contribution is 2.88. The maximum Gasteiger partial charge on any atom is 0.408 e. The van der Waals surface area contributed by atoms with Crippen molar-refractivity contribution in [3.05, 3.63) is 11.7 Å². The van der Waals surface area contributed by atoms with Gasteiger partial charge in [-0.2, -0.15) is 13.2 Å². The molecule has 0 saturated heterocycles. The van der Waals surface area contributed by atoms with Crippen LogP contribution >= 0.6 is 31.9 Å². The first-order valence-corrected chi connectivity index (χ1v) is 5.48. The quantitative estimate of drug-likeness (QED) is 0.417. The second-order valence-electron chi connectivity index (χ2n) is 3.68. The van der Waals surface area contributed by atoms with Gasteiger partial charge in [0.05, 0.1) is 0 Å². The van der Waals surface area contributed by atoms with Crippen LogP contribution in [0.3, 0.4) is 0 Å². The predicted molar refractivity (Wildman–Crippen MR) is 47.1 cm³/mol. The molecule has 0 spiro atoms. The second kappa shape index (κ2) is 2.83. The molecule has 98 valence electrons. The molecule has 1 saturated carbocycles. The molecular formula is C7Br2F8. The minimum atomic E-state index is -5.84. The third-order valence-electron chi connectivity index (χ3n) is 3.06. The molecule has 0 aromatic heterocycles. The molecule has 0 nitrogen and oxygen atoms in total. The van der Waals surface area contributed by atoms with Crippen molar-refractivity contribution in [1.82, 2.24) is 0 Å². The molecular weight excluding hydrogens is 396 g/mol. The molecule has 1 fully saturated rings. The van der Waals surface area contributed by atoms with Crippen LogP contribution in [0, 0.1) is 5.41 Å². The number of rotatable bonds is 0. The van der Waals surface area contributed by atoms with Crippen LogP contribution in [0.25, 0.3) is 0 Å². The standard InChI is InChI=1S/C7Br2F8/c8-5(13)3(7(15,16)17)1(10)2(11)4(3,12)6(5,9)14. The topological polar surface area (TPSA) is 0 Å². The van der Waals surface area contributed by atoms with E-state index in [1.54, 1.807) is 31.9 Å². The van der Waals surface area contributed by atoms with Gasteiger partial charge in [0.1, 0.15) is 0 Å². The van der Waals surface area contributed by atoms with E-state index in [1.807, 2.05) is 0 Å². The fourth-order valence-corrected chi connectivity index (χ4v) is 3.90. The van der Waals surface area contributed by atoms with Crippen LogP contribution < -0.4 is 0 Å². The lowest BCUT2D eigenvalue weighted by Crippen LogP contribution is -2.90. The molecule has 2 rings (SSSR count). The van der Waals surface area contributed by atoms with Crippen LogP contribution in [0.15, 0.2) is 11.7 Å². The summed E-state index contributed by atoms with van der Waals surface area (Å²) in [6.07, 6.45) is -5.84. The first kappa shape index (κ1) is 13.6. The zero-order chi connectivity index (χ0) is 13.7. The Hall–Kier alpha value is 0.140. The molecule has 4 unspecified atom stereocenters. The van der Waals surface area contributed by atoms with Crippen molar-refractivity contribution in [2.75, 3.05) is 0 Å². The van der Waals surface area contributed by atoms with Crippen LogP contribution in [-0.4, -0.2) is 21.0 Å². The molecule has 0 aromatic rings. The van der Waals surface area contributed by atoms with Crippen LogP contribution in [0.4, 0.5) is 35.1 Å². The number of halogens is 10. The first-order valence-electron chi connectivity index (χ1n) is 3.89. The van der Waals surface area contributed by atoms with E-state index in [4.69, 9.17) is 0 Å². The Balaban J connectivity index is 2.77. The molecule has 2 aliphatic rings. The van der Waals surface area contributed by atoms with Crippen molar-refractivity contribution in [2.45, 2.75) is 21.0 Å². The highest BCUT2D eigenvalue weighted by atomic mass is 79.9. The van der Waals surface area contributed by atoms with E-state index in [0.29, 0.717) is 0 Å². The maximum atomic E-state index is 13.7. The minimum Gasteiger partial charge on any atom is -0.230 e. The molecule has 17 heavy (non-hydrogen) atoms. The van der Waals surface area contributed by atoms with Crippen molar-refractivity contribution in [2.24, 2.45) is 5.41 Å². The monoisotopic (exact) mass is 394 g/mol. The van der Waals surface area contributed by atoms with Gasteiger partial charge in [-0.1, -0.05) is 0 Å². The molecule has 0 N–H and O–H groups in total. The molecule has 0 amide bonds. The van der Waals surface area contributed by atoms with Gasteiger partial charge in [0.2, 0.25) is 15.7 Å². The van der Waals surface area contributed by atoms with Crippen LogP contribution in [0.2, 0.25) is 0 Å². The summed E-state index contributed by atoms with van der Waals surface area (Å²) < 4.78 is 95.8. The molecule has 4 atom stereocenters. The predicted octanol–water partition coefficient (Wildman–Crippen LogP) is 4.54. The number of fused-ring (bicyclic) bond motifs is 1. The summed E-state index contributed by atoms with van der Waals surface area (Å²) in [6, 6.07) is 0. The van der Waals surface area contributed by atoms with E-state index < -0.39 is 38.1 Å². The Labute approximate surface area is 105 Å². The SMILES string of the molecule is FC1=C(F)C2(C(F)(F)F)C(F)(Br)C(F)(Br)C12F. The van der Waals surface area contributed by atoms with Gasteiger partial charge in [0.15, 0.2) is 11.7 Å². The third-order valence-corrected chi connectivity index (χ3v) is 5.83. The third kappa shape index (κ3) is 0.863. The molecule has 2 aliphatic carbocycles. The highest BCUT2D eigenvalue weighted by Gasteiger charge is 3.06. The highest BCUT2D eigenvalue weighted by molar-refractivity contribution is 9.13. The Morgan fingerprint density at radius 2 is 1.24 bits per heavy atom. The second-order valence-corrected chi connectivity index (χ2v) is 5.87. The van der Waals surface area contributed by atoms with Gasteiger partial charge in [-0.05, 0) is 31.9 Å². The normalized spacial score (nSPS) is 54.0. The maximum absolute atomic E-state index is 13.7. The zero-order valence-corrected chi connectivity index (χ0v) is 10.5. The summed E-state index contributed by atoms with van der Waals surface area (Å²) in [5.41, 5.74) is -8.96. The number of hydrogen-bond donors (Lipinski definition) is 0. The van der Waals surface area contributed by atoms with E-state index in [2.05, 4.69) is 0 Å². The summed E-state index contributed by atoms with van der Waals surface area (Å²) in [5.74, 6) is -5.29. The molecule has 0 bridgehead atoms. The van der Waals surface area contributed by atoms with Crippen LogP contribution in [-0.2, 0) is 0 Å². The van der Waals surface area contributed by atoms with Gasteiger partial charge in [-0.15, -0.1) is 0 Å². The van der Waals surface area contributed by atoms with E-state index in [-0.39, 0.29) is 0 Å². The Bertz CT molecular complexity index is 438. The average Bonchev–Trinajstić information content (AvgIpc) is 2.13. The van der Waals surface area contributed by atoms with E-state index in [1.165, 1.54) is 0 Å². The van der Waals surface area contributed by atoms with E-state index in [9.17, 15) is 35.1 Å². The van der Waals surface area contributed by atoms with E-state index >= 15 is 0 Å². The number of allylic oxidation sites excluding steroid dienone is 2. The Kier molecular flexibility index (Phi) is 2.26. The molecule has 0 aliphatic heterocycles. The minimum absolute atomic E-state index is 1.65. The summed E-state index contributed by atoms with van der Waals surface area (Å²) in [4.78, 5) is 0. The van der Waals surface area contributed by atoms with Crippen molar-refractivity contribution in [3.63, 3.8) is 0 Å². The molecule has 10 heteroatoms. The Morgan fingerprint density at radius 3 is 1.53 bits per heavy atom. The van der Waals surface area contributed by atoms with Gasteiger partial charge in [0.25, 0.3) is 4.58 Å². The largest absolute Gasteiger partial charge is 0.408 e. The Morgan fingerprint density at radius 1 is 0.824 bits per heavy atom. The molecule has 0 radical (unpaired) electrons. The van der Waals surface area contributed by atoms with Gasteiger partial charge < -0.3 is 0 Å². The lowest BCUT2D eigenvalue weighted by Gasteiger charge is -2.69. The average molecular weight is 396 g/mol. The lowest BCUT2D eigenvalue weighted by molar-refractivity contribution is -0.380. The summed E-state index contributed by atoms with van der Waals surface area (Å²) in [5, 5.41) is 0. The van der Waals surface area contributed by atoms with Crippen molar-refractivity contribution in [3.8, 4) is 0 Å². The van der Waals surface area contributed by atoms with Gasteiger partial charge >= 0.3 is 6.18 Å². The fraction of sp³-hybridized carbons (Fsp3) is 0.714. The van der Waals surface area contributed by atoms with Gasteiger partial charge in [0, 0.05) is 0 Å². The van der Waals surface area contributed by atoms with E-state index in [0.717, 1.165) is 0 Å². The van der Waals surface area contributed by atoms with Crippen molar-refractivity contribution >= 4 is 31.9 Å². The van der Waals surface area contributed by atoms with Crippen molar-refractivity contribution in [1.29, 1.82) is 0 Å². The smallest absolute Gasteiger partial charge is 0.230 e. The lowest BCUT2D eigenvalue weighted by atomic mass is 9.46. The molecule has 0 aromatic carbocycles. The van der Waals surface area contributed by atoms with Crippen LogP contribution in [0.1, 0.15) is 0 Å². The van der Waals surface area contributed by atoms with Gasteiger partial charge in [-0.25, -0.2) is 22.0 Å². The summed E-state index contributed by atoms with van der Waals surface area (Å²) >= 11 is 3.34. The number of alkyl halides is 8. The summed E-state index contributed by atoms with van der Waals surface area (Å²) in [6.45, 7) is 0. The fourth-order valence-electron chi connectivity index (χ4n) is 2.18. The number of hydrogen-bond acceptors (Lipinski definition) is 0. The van der Waals surface area contributed by atoms with Crippen LogP contribution in [0.5, 0.6) is 0 Å². The summed E-state index contributed by atoms with van der Waals surface area (Å²) in [7, 11) is 0.